The van der Waals surface area contributed by atoms with Crippen LogP contribution in [-0.2, 0) is 10.9 Å². The Balaban J connectivity index is 1.93. The number of nitrogens with two attached hydrogens (primary N) is 1. The zero-order valence-electron chi connectivity index (χ0n) is 14.5. The topological polar surface area (TPSA) is 117 Å². The summed E-state index contributed by atoms with van der Waals surface area (Å²) in [6.45, 7) is 0.541. The number of anilines is 2. The van der Waals surface area contributed by atoms with Crippen LogP contribution in [0.4, 0.5) is 24.7 Å². The molecule has 0 aliphatic carbocycles. The lowest BCUT2D eigenvalue weighted by Crippen LogP contribution is -2.16. The van der Waals surface area contributed by atoms with Crippen molar-refractivity contribution < 1.29 is 27.4 Å². The monoisotopic (exact) mass is 396 g/mol. The van der Waals surface area contributed by atoms with Crippen molar-refractivity contribution in [2.24, 2.45) is 0 Å². The number of methoxy groups -OCH3 is 1. The number of rotatable bonds is 6. The molecule has 3 aromatic rings. The lowest BCUT2D eigenvalue weighted by molar-refractivity contribution is -0.141. The Morgan fingerprint density at radius 1 is 1.32 bits per heavy atom. The maximum atomic E-state index is 12.9. The molecule has 3 heterocycles. The van der Waals surface area contributed by atoms with Gasteiger partial charge in [0.25, 0.3) is 5.91 Å². The molecule has 0 atom stereocenters. The third kappa shape index (κ3) is 3.96. The highest BCUT2D eigenvalue weighted by atomic mass is 19.4. The maximum absolute atomic E-state index is 12.9. The smallest absolute Gasteiger partial charge is 0.433 e. The summed E-state index contributed by atoms with van der Waals surface area (Å²) in [7, 11) is 1.51. The van der Waals surface area contributed by atoms with Crippen LogP contribution >= 0.6 is 0 Å². The lowest BCUT2D eigenvalue weighted by Gasteiger charge is -2.11. The minimum absolute atomic E-state index is 0.203. The zero-order valence-corrected chi connectivity index (χ0v) is 14.5. The standard InChI is InChI=1S/C16H15F3N6O3/c1-27-6-7-28-10-2-4-21-8-9(10)22-15(26)12-13(20)24-25-5-3-11(16(17,18)19)23-14(12)25/h2-5,8H,6-7H2,1H3,(H2,20,24)(H,22,26). The first-order valence-corrected chi connectivity index (χ1v) is 7.90. The van der Waals surface area contributed by atoms with Gasteiger partial charge >= 0.3 is 6.18 Å². The highest BCUT2D eigenvalue weighted by molar-refractivity contribution is 6.12. The predicted molar refractivity (Wildman–Crippen MR) is 92.0 cm³/mol. The Bertz CT molecular complexity index is 1000. The number of carbonyl (C=O) groups excluding carboxylic acids is 1. The minimum atomic E-state index is -4.68. The van der Waals surface area contributed by atoms with Crippen LogP contribution in [0.25, 0.3) is 5.65 Å². The summed E-state index contributed by atoms with van der Waals surface area (Å²) in [4.78, 5) is 20.1. The molecule has 3 aromatic heterocycles. The number of pyridine rings is 1. The van der Waals surface area contributed by atoms with Gasteiger partial charge in [0.1, 0.15) is 29.3 Å². The van der Waals surface area contributed by atoms with Crippen molar-refractivity contribution >= 4 is 23.1 Å². The van der Waals surface area contributed by atoms with E-state index < -0.39 is 17.8 Å². The zero-order chi connectivity index (χ0) is 20.3. The molecule has 3 rings (SSSR count). The third-order valence-electron chi connectivity index (χ3n) is 3.60. The van der Waals surface area contributed by atoms with Crippen LogP contribution in [0.3, 0.4) is 0 Å². The van der Waals surface area contributed by atoms with E-state index in [2.05, 4.69) is 20.4 Å². The molecular weight excluding hydrogens is 381 g/mol. The van der Waals surface area contributed by atoms with Gasteiger partial charge in [-0.25, -0.2) is 9.50 Å². The van der Waals surface area contributed by atoms with Crippen molar-refractivity contribution in [3.05, 3.63) is 42.0 Å². The second-order valence-corrected chi connectivity index (χ2v) is 5.51. The molecule has 0 aromatic carbocycles. The molecule has 0 aliphatic rings. The van der Waals surface area contributed by atoms with Crippen molar-refractivity contribution in [2.45, 2.75) is 6.18 Å². The molecule has 0 fully saturated rings. The van der Waals surface area contributed by atoms with Crippen molar-refractivity contribution in [1.82, 2.24) is 19.6 Å². The summed E-state index contributed by atoms with van der Waals surface area (Å²) in [6, 6.07) is 2.26. The Morgan fingerprint density at radius 3 is 2.82 bits per heavy atom. The Hall–Kier alpha value is -3.41. The van der Waals surface area contributed by atoms with Crippen LogP contribution in [0.15, 0.2) is 30.7 Å². The molecule has 0 bridgehead atoms. The van der Waals surface area contributed by atoms with E-state index in [0.717, 1.165) is 16.8 Å². The second-order valence-electron chi connectivity index (χ2n) is 5.51. The number of aromatic nitrogens is 4. The van der Waals surface area contributed by atoms with Crippen molar-refractivity contribution in [3.8, 4) is 5.75 Å². The van der Waals surface area contributed by atoms with E-state index in [-0.39, 0.29) is 29.3 Å². The van der Waals surface area contributed by atoms with E-state index in [4.69, 9.17) is 15.2 Å². The lowest BCUT2D eigenvalue weighted by atomic mass is 10.2. The molecule has 0 unspecified atom stereocenters. The number of nitrogens with zero attached hydrogens (tertiary/aromatic N) is 4. The van der Waals surface area contributed by atoms with Crippen molar-refractivity contribution in [2.75, 3.05) is 31.4 Å². The normalized spacial score (nSPS) is 11.6. The summed E-state index contributed by atoms with van der Waals surface area (Å²) < 4.78 is 50.2. The van der Waals surface area contributed by atoms with Gasteiger partial charge in [-0.15, -0.1) is 5.10 Å². The summed E-state index contributed by atoms with van der Waals surface area (Å²) in [6.07, 6.45) is -0.864. The van der Waals surface area contributed by atoms with Crippen LogP contribution in [0, 0.1) is 0 Å². The number of hydrogen-bond donors (Lipinski definition) is 2. The number of amides is 1. The molecule has 28 heavy (non-hydrogen) atoms. The molecule has 9 nitrogen and oxygen atoms in total. The summed E-state index contributed by atoms with van der Waals surface area (Å²) >= 11 is 0. The van der Waals surface area contributed by atoms with E-state index in [9.17, 15) is 18.0 Å². The number of nitrogen functional groups attached to an aromatic ring is 1. The summed E-state index contributed by atoms with van der Waals surface area (Å²) in [5.41, 5.74) is 4.14. The molecule has 12 heteroatoms. The third-order valence-corrected chi connectivity index (χ3v) is 3.60. The number of alkyl halides is 3. The molecule has 3 N–H and O–H groups in total. The quantitative estimate of drug-likeness (QED) is 0.612. The molecule has 0 saturated carbocycles. The average molecular weight is 396 g/mol. The fraction of sp³-hybridized carbons (Fsp3) is 0.250. The van der Waals surface area contributed by atoms with Gasteiger partial charge < -0.3 is 20.5 Å². The molecular formula is C16H15F3N6O3. The maximum Gasteiger partial charge on any atom is 0.433 e. The first-order valence-electron chi connectivity index (χ1n) is 7.90. The second kappa shape index (κ2) is 7.68. The minimum Gasteiger partial charge on any atom is -0.489 e. The molecule has 0 spiro atoms. The van der Waals surface area contributed by atoms with Gasteiger partial charge in [-0.3, -0.25) is 9.78 Å². The summed E-state index contributed by atoms with van der Waals surface area (Å²) in [5.74, 6) is -0.765. The summed E-state index contributed by atoms with van der Waals surface area (Å²) in [5, 5.41) is 6.33. The molecule has 1 amide bonds. The van der Waals surface area contributed by atoms with Gasteiger partial charge in [-0.2, -0.15) is 13.2 Å². The van der Waals surface area contributed by atoms with E-state index in [1.807, 2.05) is 0 Å². The van der Waals surface area contributed by atoms with Crippen LogP contribution in [0.5, 0.6) is 5.75 Å². The van der Waals surface area contributed by atoms with Gasteiger partial charge in [0.15, 0.2) is 11.5 Å². The molecule has 0 radical (unpaired) electrons. The first-order chi connectivity index (χ1) is 13.3. The average Bonchev–Trinajstić information content (AvgIpc) is 2.97. The van der Waals surface area contributed by atoms with Gasteiger partial charge in [0, 0.05) is 25.6 Å². The molecule has 0 saturated heterocycles. The van der Waals surface area contributed by atoms with Crippen LogP contribution < -0.4 is 15.8 Å². The highest BCUT2D eigenvalue weighted by Crippen LogP contribution is 2.29. The number of fused-ring (bicyclic) bond motifs is 1. The Labute approximate surface area is 156 Å². The molecule has 148 valence electrons. The Kier molecular flexibility index (Phi) is 5.31. The highest BCUT2D eigenvalue weighted by Gasteiger charge is 2.33. The number of nitrogens with one attached hydrogen (secondary N) is 1. The predicted octanol–water partition coefficient (Wildman–Crippen LogP) is 2.00. The van der Waals surface area contributed by atoms with Crippen LogP contribution in [-0.4, -0.2) is 45.8 Å². The van der Waals surface area contributed by atoms with Gasteiger partial charge in [-0.1, -0.05) is 0 Å². The van der Waals surface area contributed by atoms with Gasteiger partial charge in [-0.05, 0) is 6.07 Å². The SMILES string of the molecule is COCCOc1ccncc1NC(=O)c1c(N)nn2ccc(C(F)(F)F)nc12. The van der Waals surface area contributed by atoms with Gasteiger partial charge in [0.2, 0.25) is 0 Å². The number of ether oxygens (including phenoxy) is 2. The van der Waals surface area contributed by atoms with Gasteiger partial charge in [0.05, 0.1) is 12.8 Å². The van der Waals surface area contributed by atoms with E-state index in [1.165, 1.54) is 25.6 Å². The number of carbonyl (C=O) groups is 1. The van der Waals surface area contributed by atoms with Crippen LogP contribution in [0.1, 0.15) is 16.1 Å². The first kappa shape index (κ1) is 19.4. The van der Waals surface area contributed by atoms with E-state index in [1.54, 1.807) is 0 Å². The fourth-order valence-corrected chi connectivity index (χ4v) is 2.34. The number of hydrogen-bond acceptors (Lipinski definition) is 7. The van der Waals surface area contributed by atoms with Crippen molar-refractivity contribution in [3.63, 3.8) is 0 Å². The fourth-order valence-electron chi connectivity index (χ4n) is 2.34. The van der Waals surface area contributed by atoms with E-state index >= 15 is 0 Å². The largest absolute Gasteiger partial charge is 0.489 e. The Morgan fingerprint density at radius 2 is 2.11 bits per heavy atom. The number of halogens is 3. The van der Waals surface area contributed by atoms with Crippen molar-refractivity contribution in [1.29, 1.82) is 0 Å². The van der Waals surface area contributed by atoms with E-state index in [0.29, 0.717) is 12.4 Å². The molecule has 0 aliphatic heterocycles. The van der Waals surface area contributed by atoms with Crippen LogP contribution in [0.2, 0.25) is 0 Å².